The Hall–Kier alpha value is -8.66. The molecular formula is C52H48F5N9O11. The van der Waals surface area contributed by atoms with Crippen molar-refractivity contribution in [1.82, 2.24) is 24.0 Å². The minimum atomic E-state index is -4.64. The maximum atomic E-state index is 15.2. The molecule has 77 heavy (non-hydrogen) atoms. The lowest BCUT2D eigenvalue weighted by molar-refractivity contribution is -0.156. The van der Waals surface area contributed by atoms with Crippen LogP contribution in [0.25, 0.3) is 26.9 Å². The topological polar surface area (TPSA) is 262 Å². The van der Waals surface area contributed by atoms with Gasteiger partial charge in [-0.2, -0.15) is 13.2 Å². The first-order valence-corrected chi connectivity index (χ1v) is 24.3. The van der Waals surface area contributed by atoms with Gasteiger partial charge in [0.05, 0.1) is 47.2 Å². The van der Waals surface area contributed by atoms with Crippen LogP contribution in [0.3, 0.4) is 0 Å². The number of carbonyl (C=O) groups excluding carboxylic acids is 4. The lowest BCUT2D eigenvalue weighted by atomic mass is 9.97. The van der Waals surface area contributed by atoms with Crippen molar-refractivity contribution in [3.8, 4) is 0 Å². The van der Waals surface area contributed by atoms with E-state index in [0.717, 1.165) is 53.9 Å². The Morgan fingerprint density at radius 3 is 1.53 bits per heavy atom. The zero-order valence-corrected chi connectivity index (χ0v) is 41.1. The van der Waals surface area contributed by atoms with Crippen LogP contribution in [0.1, 0.15) is 112 Å². The van der Waals surface area contributed by atoms with E-state index < -0.39 is 70.2 Å². The highest BCUT2D eigenvalue weighted by Crippen LogP contribution is 2.39. The Balaban J connectivity index is 0.000000187. The smallest absolute Gasteiger partial charge is 0.446 e. The molecule has 2 saturated heterocycles. The summed E-state index contributed by atoms with van der Waals surface area (Å²) in [5.41, 5.74) is 7.07. The largest absolute Gasteiger partial charge is 0.477 e. The first-order valence-electron chi connectivity index (χ1n) is 24.3. The number of halogens is 5. The number of aldehydes is 1. The zero-order valence-electron chi connectivity index (χ0n) is 41.1. The molecule has 4 fully saturated rings. The number of fused-ring (bicyclic) bond motifs is 3. The predicted octanol–water partition coefficient (Wildman–Crippen LogP) is 6.37. The number of carbonyl (C=O) groups is 6. The Bertz CT molecular complexity index is 3470. The lowest BCUT2D eigenvalue weighted by Gasteiger charge is -2.31. The highest BCUT2D eigenvalue weighted by molar-refractivity contribution is 6.21. The van der Waals surface area contributed by atoms with Crippen LogP contribution in [-0.2, 0) is 14.3 Å². The molecule has 7 heterocycles. The minimum Gasteiger partial charge on any atom is -0.477 e. The van der Waals surface area contributed by atoms with Gasteiger partial charge in [0, 0.05) is 57.2 Å². The number of alkyl halides is 3. The number of aromatic carboxylic acids is 2. The number of aromatic nitrogens is 4. The number of rotatable bonds is 11. The van der Waals surface area contributed by atoms with E-state index in [1.165, 1.54) is 12.4 Å². The van der Waals surface area contributed by atoms with Crippen LogP contribution >= 0.6 is 0 Å². The summed E-state index contributed by atoms with van der Waals surface area (Å²) in [5, 5.41) is 18.7. The van der Waals surface area contributed by atoms with Gasteiger partial charge >= 0.3 is 24.1 Å². The van der Waals surface area contributed by atoms with E-state index in [2.05, 4.69) is 14.8 Å². The summed E-state index contributed by atoms with van der Waals surface area (Å²) < 4.78 is 69.9. The number of nitrogens with two attached hydrogens (primary N) is 1. The van der Waals surface area contributed by atoms with Gasteiger partial charge in [-0.05, 0) is 82.6 Å². The number of amides is 2. The van der Waals surface area contributed by atoms with Crippen molar-refractivity contribution in [3.63, 3.8) is 0 Å². The number of nitrogens with zero attached hydrogens (tertiary/aromatic N) is 8. The van der Waals surface area contributed by atoms with Gasteiger partial charge in [-0.15, -0.1) is 0 Å². The fourth-order valence-corrected chi connectivity index (χ4v) is 9.40. The molecule has 0 atom stereocenters. The second-order valence-electron chi connectivity index (χ2n) is 18.5. The minimum absolute atomic E-state index is 0.0104. The summed E-state index contributed by atoms with van der Waals surface area (Å²) in [4.78, 5) is 112. The van der Waals surface area contributed by atoms with E-state index in [1.54, 1.807) is 50.1 Å². The fourth-order valence-electron chi connectivity index (χ4n) is 9.40. The molecule has 1 aromatic carbocycles. The average molecular weight is 1070 g/mol. The van der Waals surface area contributed by atoms with Crippen LogP contribution < -0.4 is 26.4 Å². The van der Waals surface area contributed by atoms with E-state index in [-0.39, 0.29) is 71.0 Å². The van der Waals surface area contributed by atoms with Crippen molar-refractivity contribution in [2.45, 2.75) is 76.6 Å². The van der Waals surface area contributed by atoms with Crippen molar-refractivity contribution in [3.05, 3.63) is 137 Å². The SMILES string of the molecule is CCOC(=O)C(CN)=C1CCN(c2nc3c(cc2F)c(=O)c(C(=O)O)cn3C2CC2)CC1.O=CC(F)(F)F.[C-]#[N+]C(CN1C(=O)c2ccccc2C1=O)=C1CCN(c2nc3c(cc2F)c(=O)c(C(=O)O)cn3C2CC2)CC1. The lowest BCUT2D eigenvalue weighted by Crippen LogP contribution is -2.35. The first kappa shape index (κ1) is 54.6. The molecule has 0 radical (unpaired) electrons. The summed E-state index contributed by atoms with van der Waals surface area (Å²) in [7, 11) is 0. The number of carboxylic acids is 2. The number of piperidine rings is 2. The summed E-state index contributed by atoms with van der Waals surface area (Å²) in [6.07, 6.45) is 2.06. The van der Waals surface area contributed by atoms with Gasteiger partial charge in [-0.1, -0.05) is 23.3 Å². The highest BCUT2D eigenvalue weighted by Gasteiger charge is 2.37. The molecule has 402 valence electrons. The second-order valence-corrected chi connectivity index (χ2v) is 18.5. The van der Waals surface area contributed by atoms with Crippen LogP contribution in [0.5, 0.6) is 0 Å². The molecule has 2 aliphatic carbocycles. The molecule has 25 heteroatoms. The molecule has 0 bridgehead atoms. The van der Waals surface area contributed by atoms with Crippen LogP contribution in [0.4, 0.5) is 33.6 Å². The number of benzene rings is 1. The number of pyridine rings is 4. The van der Waals surface area contributed by atoms with E-state index in [0.29, 0.717) is 74.3 Å². The molecule has 10 rings (SSSR count). The maximum absolute atomic E-state index is 15.2. The normalized spacial score (nSPS) is 16.3. The number of carboxylic acid groups (broad SMARTS) is 2. The second kappa shape index (κ2) is 22.3. The average Bonchev–Trinajstić information content (AvgIpc) is 4.38. The molecule has 3 aliphatic heterocycles. The van der Waals surface area contributed by atoms with Gasteiger partial charge in [0.1, 0.15) is 22.4 Å². The summed E-state index contributed by atoms with van der Waals surface area (Å²) in [5.74, 6) is -5.23. The van der Waals surface area contributed by atoms with Crippen LogP contribution in [0.15, 0.2) is 80.8 Å². The number of anilines is 2. The summed E-state index contributed by atoms with van der Waals surface area (Å²) in [6, 6.07) is 8.76. The standard InChI is InChI=1S/C28H22FN5O5.C22H25FN4O5.C2HF3O/c1-30-22(14-34-26(36)17-4-2-3-5-18(17)27(34)37)15-8-10-32(11-9-15)25-21(29)12-19-23(35)20(28(38)39)13-33(16-6-7-16)24(19)31-25;1-2-32-22(31)15(10-24)12-5-7-26(8-6-12)20-17(23)9-14-18(28)16(21(29)30)11-27(13-3-4-13)19(14)25-20;3-2(4,5)1-6/h2-5,12-13,16H,6-11,14H2,(H,38,39);9,11,13H,2-8,10,24H2,1H3,(H,29,30);1H. The Morgan fingerprint density at radius 1 is 0.766 bits per heavy atom. The number of ether oxygens (including phenoxy) is 1. The molecule has 20 nitrogen and oxygen atoms in total. The quantitative estimate of drug-likeness (QED) is 0.0324. The molecule has 4 N–H and O–H groups in total. The van der Waals surface area contributed by atoms with E-state index in [1.807, 2.05) is 0 Å². The van der Waals surface area contributed by atoms with Crippen molar-refractivity contribution >= 4 is 69.7 Å². The zero-order chi connectivity index (χ0) is 55.6. The molecule has 5 aliphatic rings. The molecule has 4 aromatic heterocycles. The molecule has 2 amide bonds. The summed E-state index contributed by atoms with van der Waals surface area (Å²) >= 11 is 0. The fraction of sp³-hybridized carbons (Fsp3) is 0.365. The van der Waals surface area contributed by atoms with Crippen molar-refractivity contribution < 1.29 is 65.7 Å². The highest BCUT2D eigenvalue weighted by atomic mass is 19.4. The number of imide groups is 1. The molecule has 2 saturated carbocycles. The van der Waals surface area contributed by atoms with Crippen molar-refractivity contribution in [2.75, 3.05) is 55.7 Å². The van der Waals surface area contributed by atoms with Gasteiger partial charge in [-0.3, -0.25) is 28.9 Å². The van der Waals surface area contributed by atoms with Gasteiger partial charge < -0.3 is 39.6 Å². The third kappa shape index (κ3) is 11.5. The third-order valence-electron chi connectivity index (χ3n) is 13.6. The van der Waals surface area contributed by atoms with Crippen LogP contribution in [0, 0.1) is 18.2 Å². The molecule has 0 unspecified atom stereocenters. The van der Waals surface area contributed by atoms with Gasteiger partial charge in [-0.25, -0.2) is 38.0 Å². The monoisotopic (exact) mass is 1070 g/mol. The number of hydrogen-bond acceptors (Lipinski definition) is 14. The molecule has 5 aromatic rings. The van der Waals surface area contributed by atoms with E-state index in [4.69, 9.17) is 21.8 Å². The third-order valence-corrected chi connectivity index (χ3v) is 13.6. The van der Waals surface area contributed by atoms with Crippen molar-refractivity contribution in [2.24, 2.45) is 5.73 Å². The Kier molecular flexibility index (Phi) is 15.8. The predicted molar refractivity (Wildman–Crippen MR) is 266 cm³/mol. The van der Waals surface area contributed by atoms with Gasteiger partial charge in [0.25, 0.3) is 11.8 Å². The van der Waals surface area contributed by atoms with Crippen molar-refractivity contribution in [1.29, 1.82) is 0 Å². The number of hydrogen-bond donors (Lipinski definition) is 3. The van der Waals surface area contributed by atoms with E-state index >= 15 is 8.78 Å². The summed E-state index contributed by atoms with van der Waals surface area (Å²) in [6.45, 7) is 11.2. The first-order chi connectivity index (χ1) is 36.7. The van der Waals surface area contributed by atoms with Gasteiger partial charge in [0.15, 0.2) is 29.0 Å². The van der Waals surface area contributed by atoms with Crippen LogP contribution in [-0.4, -0.2) is 122 Å². The van der Waals surface area contributed by atoms with Crippen LogP contribution in [0.2, 0.25) is 0 Å². The van der Waals surface area contributed by atoms with E-state index in [9.17, 15) is 56.9 Å². The molecular weight excluding hydrogens is 1020 g/mol. The van der Waals surface area contributed by atoms with Gasteiger partial charge in [0.2, 0.25) is 17.1 Å². The maximum Gasteiger partial charge on any atom is 0.446 e. The Morgan fingerprint density at radius 2 is 1.18 bits per heavy atom. The Labute approximate surface area is 433 Å². The molecule has 0 spiro atoms. The number of esters is 1.